The fourth-order valence-corrected chi connectivity index (χ4v) is 1.29. The van der Waals surface area contributed by atoms with Crippen LogP contribution < -0.4 is 5.32 Å². The summed E-state index contributed by atoms with van der Waals surface area (Å²) in [7, 11) is 0. The van der Waals surface area contributed by atoms with Crippen LogP contribution in [0.1, 0.15) is 20.8 Å². The summed E-state index contributed by atoms with van der Waals surface area (Å²) < 4.78 is 27.2. The molecule has 0 aliphatic rings. The first-order chi connectivity index (χ1) is 7.87. The number of rotatable bonds is 6. The molecule has 0 aromatic carbocycles. The monoisotopic (exact) mass is 247 g/mol. The summed E-state index contributed by atoms with van der Waals surface area (Å²) in [5.41, 5.74) is -0.432. The van der Waals surface area contributed by atoms with Crippen molar-refractivity contribution in [2.24, 2.45) is 5.41 Å². The van der Waals surface area contributed by atoms with Gasteiger partial charge in [0, 0.05) is 17.7 Å². The lowest BCUT2D eigenvalue weighted by molar-refractivity contribution is 0.0105. The van der Waals surface area contributed by atoms with Crippen LogP contribution in [-0.2, 0) is 6.54 Å². The van der Waals surface area contributed by atoms with Gasteiger partial charge in [-0.05, 0) is 6.92 Å². The number of aliphatic hydroxyl groups excluding tert-OH is 1. The number of aliphatic hydroxyl groups is 1. The molecule has 98 valence electrons. The minimum Gasteiger partial charge on any atom is -0.394 e. The Bertz CT molecular complexity index is 352. The van der Waals surface area contributed by atoms with Crippen molar-refractivity contribution in [2.75, 3.05) is 11.9 Å². The first-order valence-corrected chi connectivity index (χ1v) is 5.56. The van der Waals surface area contributed by atoms with Crippen molar-refractivity contribution in [3.63, 3.8) is 0 Å². The van der Waals surface area contributed by atoms with E-state index in [2.05, 4.69) is 10.4 Å². The third-order valence-electron chi connectivity index (χ3n) is 3.02. The molecule has 0 aliphatic heterocycles. The van der Waals surface area contributed by atoms with Gasteiger partial charge in [-0.2, -0.15) is 5.10 Å². The van der Waals surface area contributed by atoms with Crippen LogP contribution in [0.4, 0.5) is 14.5 Å². The molecule has 1 heterocycles. The van der Waals surface area contributed by atoms with E-state index in [9.17, 15) is 8.78 Å². The molecule has 6 heteroatoms. The zero-order valence-corrected chi connectivity index (χ0v) is 10.3. The van der Waals surface area contributed by atoms with Crippen LogP contribution in [0.15, 0.2) is 12.4 Å². The van der Waals surface area contributed by atoms with Gasteiger partial charge >= 0.3 is 0 Å². The van der Waals surface area contributed by atoms with Crippen molar-refractivity contribution in [1.82, 2.24) is 9.78 Å². The lowest BCUT2D eigenvalue weighted by Gasteiger charge is -2.31. The molecule has 1 aromatic rings. The summed E-state index contributed by atoms with van der Waals surface area (Å²) >= 11 is 0. The Kier molecular flexibility index (Phi) is 4.45. The number of nitrogens with one attached hydrogen (secondary N) is 1. The number of alkyl halides is 2. The normalized spacial score (nSPS) is 14.1. The minimum absolute atomic E-state index is 0.000793. The van der Waals surface area contributed by atoms with Crippen molar-refractivity contribution in [1.29, 1.82) is 0 Å². The molecule has 0 bridgehead atoms. The number of aromatic nitrogens is 2. The Morgan fingerprint density at radius 3 is 2.71 bits per heavy atom. The Morgan fingerprint density at radius 1 is 1.53 bits per heavy atom. The molecule has 1 rings (SSSR count). The van der Waals surface area contributed by atoms with Gasteiger partial charge in [-0.3, -0.25) is 4.68 Å². The number of nitrogens with zero attached hydrogens (tertiary/aromatic N) is 2. The summed E-state index contributed by atoms with van der Waals surface area (Å²) in [5, 5.41) is 15.7. The fraction of sp³-hybridized carbons (Fsp3) is 0.727. The molecule has 0 spiro atoms. The van der Waals surface area contributed by atoms with E-state index in [4.69, 9.17) is 5.11 Å². The Labute approximate surface area is 99.6 Å². The van der Waals surface area contributed by atoms with Gasteiger partial charge in [-0.1, -0.05) is 13.8 Å². The highest BCUT2D eigenvalue weighted by atomic mass is 19.3. The van der Waals surface area contributed by atoms with E-state index in [1.807, 2.05) is 0 Å². The molecular formula is C11H19F2N3O. The van der Waals surface area contributed by atoms with Gasteiger partial charge in [0.15, 0.2) is 0 Å². The standard InChI is InChI=1S/C11H19F2N3O/c1-8(11(2,3)10(12)13)15-9-6-14-16(7-9)4-5-17/h6-8,10,15,17H,4-5H2,1-3H3. The van der Waals surface area contributed by atoms with Crippen LogP contribution >= 0.6 is 0 Å². The van der Waals surface area contributed by atoms with E-state index in [-0.39, 0.29) is 12.6 Å². The lowest BCUT2D eigenvalue weighted by atomic mass is 9.86. The van der Waals surface area contributed by atoms with Gasteiger partial charge in [0.2, 0.25) is 6.43 Å². The molecule has 17 heavy (non-hydrogen) atoms. The van der Waals surface area contributed by atoms with E-state index in [0.29, 0.717) is 12.2 Å². The number of hydrogen-bond acceptors (Lipinski definition) is 3. The summed E-state index contributed by atoms with van der Waals surface area (Å²) in [6.07, 6.45) is 0.861. The van der Waals surface area contributed by atoms with Crippen LogP contribution in [-0.4, -0.2) is 34.0 Å². The van der Waals surface area contributed by atoms with Crippen LogP contribution in [0.2, 0.25) is 0 Å². The molecule has 2 N–H and O–H groups in total. The molecule has 0 aliphatic carbocycles. The van der Waals surface area contributed by atoms with Crippen molar-refractivity contribution >= 4 is 5.69 Å². The van der Waals surface area contributed by atoms with Crippen molar-refractivity contribution in [3.8, 4) is 0 Å². The smallest absolute Gasteiger partial charge is 0.245 e. The highest BCUT2D eigenvalue weighted by Gasteiger charge is 2.35. The van der Waals surface area contributed by atoms with E-state index in [1.54, 1.807) is 24.0 Å². The molecular weight excluding hydrogens is 228 g/mol. The molecule has 0 saturated carbocycles. The maximum absolute atomic E-state index is 12.8. The van der Waals surface area contributed by atoms with Gasteiger partial charge < -0.3 is 10.4 Å². The minimum atomic E-state index is -2.39. The van der Waals surface area contributed by atoms with Crippen molar-refractivity contribution in [2.45, 2.75) is 39.8 Å². The molecule has 1 aromatic heterocycles. The summed E-state index contributed by atoms with van der Waals surface area (Å²) in [5.74, 6) is 0. The largest absolute Gasteiger partial charge is 0.394 e. The SMILES string of the molecule is CC(Nc1cnn(CCO)c1)C(C)(C)C(F)F. The van der Waals surface area contributed by atoms with Crippen LogP contribution in [0.25, 0.3) is 0 Å². The van der Waals surface area contributed by atoms with E-state index in [1.165, 1.54) is 13.8 Å². The molecule has 0 fully saturated rings. The predicted molar refractivity (Wildman–Crippen MR) is 62.2 cm³/mol. The van der Waals surface area contributed by atoms with E-state index < -0.39 is 11.8 Å². The number of halogens is 2. The first-order valence-electron chi connectivity index (χ1n) is 5.56. The Hall–Kier alpha value is -1.17. The molecule has 4 nitrogen and oxygen atoms in total. The van der Waals surface area contributed by atoms with E-state index >= 15 is 0 Å². The molecule has 1 unspecified atom stereocenters. The average Bonchev–Trinajstić information content (AvgIpc) is 2.65. The summed E-state index contributed by atoms with van der Waals surface area (Å²) in [4.78, 5) is 0. The molecule has 0 amide bonds. The maximum Gasteiger partial charge on any atom is 0.245 e. The molecule has 1 atom stereocenters. The van der Waals surface area contributed by atoms with Crippen LogP contribution in [0, 0.1) is 5.41 Å². The third-order valence-corrected chi connectivity index (χ3v) is 3.02. The second kappa shape index (κ2) is 5.44. The zero-order chi connectivity index (χ0) is 13.1. The first kappa shape index (κ1) is 13.9. The van der Waals surface area contributed by atoms with Gasteiger partial charge in [0.05, 0.1) is 25.0 Å². The van der Waals surface area contributed by atoms with Crippen LogP contribution in [0.3, 0.4) is 0 Å². The van der Waals surface area contributed by atoms with Gasteiger partial charge in [-0.15, -0.1) is 0 Å². The summed E-state index contributed by atoms with van der Waals surface area (Å²) in [6.45, 7) is 5.16. The quantitative estimate of drug-likeness (QED) is 0.808. The van der Waals surface area contributed by atoms with Gasteiger partial charge in [-0.25, -0.2) is 8.78 Å². The second-order valence-electron chi connectivity index (χ2n) is 4.70. The average molecular weight is 247 g/mol. The van der Waals surface area contributed by atoms with E-state index in [0.717, 1.165) is 0 Å². The zero-order valence-electron chi connectivity index (χ0n) is 10.3. The van der Waals surface area contributed by atoms with Gasteiger partial charge in [0.1, 0.15) is 0 Å². The Balaban J connectivity index is 2.64. The number of anilines is 1. The molecule has 0 saturated heterocycles. The molecule has 0 radical (unpaired) electrons. The highest BCUT2D eigenvalue weighted by molar-refractivity contribution is 5.39. The maximum atomic E-state index is 12.8. The predicted octanol–water partition coefficient (Wildman–Crippen LogP) is 1.97. The van der Waals surface area contributed by atoms with Gasteiger partial charge in [0.25, 0.3) is 0 Å². The van der Waals surface area contributed by atoms with Crippen LogP contribution in [0.5, 0.6) is 0 Å². The topological polar surface area (TPSA) is 50.1 Å². The highest BCUT2D eigenvalue weighted by Crippen LogP contribution is 2.30. The lowest BCUT2D eigenvalue weighted by Crippen LogP contribution is -2.39. The van der Waals surface area contributed by atoms with Crippen molar-refractivity contribution in [3.05, 3.63) is 12.4 Å². The van der Waals surface area contributed by atoms with Crippen molar-refractivity contribution < 1.29 is 13.9 Å². The summed E-state index contributed by atoms with van der Waals surface area (Å²) in [6, 6.07) is -0.380. The fourth-order valence-electron chi connectivity index (χ4n) is 1.29. The third kappa shape index (κ3) is 3.39. The second-order valence-corrected chi connectivity index (χ2v) is 4.70. The Morgan fingerprint density at radius 2 is 2.18 bits per heavy atom. The number of hydrogen-bond donors (Lipinski definition) is 2.